The van der Waals surface area contributed by atoms with Gasteiger partial charge in [0.25, 0.3) is 5.91 Å². The second-order valence-corrected chi connectivity index (χ2v) is 6.70. The number of hydrogen-bond acceptors (Lipinski definition) is 3. The van der Waals surface area contributed by atoms with Gasteiger partial charge in [0.05, 0.1) is 0 Å². The van der Waals surface area contributed by atoms with Crippen molar-refractivity contribution in [2.45, 2.75) is 33.0 Å². The number of hydrogen-bond donors (Lipinski definition) is 2. The fourth-order valence-electron chi connectivity index (χ4n) is 3.20. The molecule has 4 nitrogen and oxygen atoms in total. The summed E-state index contributed by atoms with van der Waals surface area (Å²) in [5.74, 6) is 0.0641. The second-order valence-electron chi connectivity index (χ2n) is 6.70. The molecule has 3 rings (SSSR count). The normalized spacial score (nSPS) is 11.0. The van der Waals surface area contributed by atoms with Gasteiger partial charge in [-0.25, -0.2) is 0 Å². The molecule has 152 valence electrons. The van der Waals surface area contributed by atoms with E-state index in [0.717, 1.165) is 22.8 Å². The summed E-state index contributed by atoms with van der Waals surface area (Å²) in [7, 11) is 0. The smallest absolute Gasteiger partial charge is 0.387 e. The molecule has 0 saturated heterocycles. The Bertz CT molecular complexity index is 976. The van der Waals surface area contributed by atoms with E-state index in [9.17, 15) is 13.6 Å². The van der Waals surface area contributed by atoms with Gasteiger partial charge in [0.1, 0.15) is 5.75 Å². The topological polar surface area (TPSA) is 50.4 Å². The van der Waals surface area contributed by atoms with E-state index in [0.29, 0.717) is 30.8 Å². The van der Waals surface area contributed by atoms with Crippen LogP contribution in [0, 0.1) is 0 Å². The van der Waals surface area contributed by atoms with Crippen LogP contribution in [0.15, 0.2) is 60.7 Å². The van der Waals surface area contributed by atoms with E-state index in [2.05, 4.69) is 10.6 Å². The molecule has 0 saturated carbocycles. The summed E-state index contributed by atoms with van der Waals surface area (Å²) < 4.78 is 30.3. The zero-order valence-corrected chi connectivity index (χ0v) is 16.3. The summed E-state index contributed by atoms with van der Waals surface area (Å²) in [5, 5.41) is 7.96. The molecule has 0 bridgehead atoms. The molecule has 29 heavy (non-hydrogen) atoms. The summed E-state index contributed by atoms with van der Waals surface area (Å²) in [6.45, 7) is 0.602. The highest BCUT2D eigenvalue weighted by atomic mass is 19.3. The SMILES string of the molecule is CCCNC(=O)c1cccc(CNCc2c(OC(F)F)ccc3ccccc23)c1. The van der Waals surface area contributed by atoms with Crippen LogP contribution in [0.5, 0.6) is 5.75 Å². The van der Waals surface area contributed by atoms with Crippen molar-refractivity contribution < 1.29 is 18.3 Å². The molecule has 0 aliphatic heterocycles. The average molecular weight is 398 g/mol. The van der Waals surface area contributed by atoms with Gasteiger partial charge in [0.2, 0.25) is 0 Å². The third kappa shape index (κ3) is 5.51. The number of nitrogens with one attached hydrogen (secondary N) is 2. The van der Waals surface area contributed by atoms with E-state index in [4.69, 9.17) is 4.74 Å². The minimum absolute atomic E-state index is 0.102. The molecular weight excluding hydrogens is 374 g/mol. The van der Waals surface area contributed by atoms with Gasteiger partial charge in [-0.1, -0.05) is 49.4 Å². The van der Waals surface area contributed by atoms with Crippen LogP contribution in [0.1, 0.15) is 34.8 Å². The van der Waals surface area contributed by atoms with Gasteiger partial charge in [-0.2, -0.15) is 8.78 Å². The summed E-state index contributed by atoms with van der Waals surface area (Å²) in [5.41, 5.74) is 2.22. The van der Waals surface area contributed by atoms with Gasteiger partial charge >= 0.3 is 6.61 Å². The van der Waals surface area contributed by atoms with Gasteiger partial charge in [0, 0.05) is 30.8 Å². The molecule has 0 heterocycles. The van der Waals surface area contributed by atoms with Gasteiger partial charge in [-0.05, 0) is 41.0 Å². The Morgan fingerprint density at radius 3 is 2.66 bits per heavy atom. The first-order valence-electron chi connectivity index (χ1n) is 9.61. The molecule has 0 unspecified atom stereocenters. The Morgan fingerprint density at radius 2 is 1.86 bits per heavy atom. The van der Waals surface area contributed by atoms with E-state index >= 15 is 0 Å². The first kappa shape index (κ1) is 20.7. The van der Waals surface area contributed by atoms with E-state index in [1.165, 1.54) is 0 Å². The highest BCUT2D eigenvalue weighted by Crippen LogP contribution is 2.29. The zero-order valence-electron chi connectivity index (χ0n) is 16.3. The third-order valence-electron chi connectivity index (χ3n) is 4.57. The van der Waals surface area contributed by atoms with Crippen molar-refractivity contribution in [3.63, 3.8) is 0 Å². The largest absolute Gasteiger partial charge is 0.434 e. The molecule has 0 spiro atoms. The lowest BCUT2D eigenvalue weighted by atomic mass is 10.0. The van der Waals surface area contributed by atoms with Crippen LogP contribution in [0.4, 0.5) is 8.78 Å². The van der Waals surface area contributed by atoms with Gasteiger partial charge in [0.15, 0.2) is 0 Å². The lowest BCUT2D eigenvalue weighted by Gasteiger charge is -2.15. The Hall–Kier alpha value is -2.99. The van der Waals surface area contributed by atoms with Crippen LogP contribution in [0.3, 0.4) is 0 Å². The van der Waals surface area contributed by atoms with Crippen molar-refractivity contribution in [2.24, 2.45) is 0 Å². The quantitative estimate of drug-likeness (QED) is 0.541. The fourth-order valence-corrected chi connectivity index (χ4v) is 3.20. The molecule has 0 aromatic heterocycles. The van der Waals surface area contributed by atoms with Gasteiger partial charge < -0.3 is 15.4 Å². The Morgan fingerprint density at radius 1 is 1.03 bits per heavy atom. The Labute approximate surface area is 168 Å². The fraction of sp³-hybridized carbons (Fsp3) is 0.261. The molecule has 2 N–H and O–H groups in total. The summed E-state index contributed by atoms with van der Waals surface area (Å²) >= 11 is 0. The van der Waals surface area contributed by atoms with E-state index in [-0.39, 0.29) is 11.7 Å². The highest BCUT2D eigenvalue weighted by molar-refractivity contribution is 5.94. The van der Waals surface area contributed by atoms with Crippen LogP contribution < -0.4 is 15.4 Å². The van der Waals surface area contributed by atoms with Crippen LogP contribution in [0.2, 0.25) is 0 Å². The molecule has 0 aliphatic rings. The molecule has 6 heteroatoms. The summed E-state index contributed by atoms with van der Waals surface area (Å²) in [6.07, 6.45) is 0.876. The maximum atomic E-state index is 12.8. The number of alkyl halides is 2. The lowest BCUT2D eigenvalue weighted by molar-refractivity contribution is -0.0503. The monoisotopic (exact) mass is 398 g/mol. The van der Waals surface area contributed by atoms with Gasteiger partial charge in [-0.3, -0.25) is 4.79 Å². The number of carbonyl (C=O) groups is 1. The van der Waals surface area contributed by atoms with Crippen molar-refractivity contribution in [1.29, 1.82) is 0 Å². The molecule has 0 fully saturated rings. The average Bonchev–Trinajstić information content (AvgIpc) is 2.73. The second kappa shape index (κ2) is 9.98. The molecular formula is C23H24F2N2O2. The maximum Gasteiger partial charge on any atom is 0.387 e. The van der Waals surface area contributed by atoms with E-state index in [1.807, 2.05) is 49.4 Å². The first-order valence-corrected chi connectivity index (χ1v) is 9.61. The van der Waals surface area contributed by atoms with Crippen molar-refractivity contribution >= 4 is 16.7 Å². The molecule has 0 radical (unpaired) electrons. The standard InChI is InChI=1S/C23H24F2N2O2/c1-2-12-27-22(28)18-8-5-6-16(13-18)14-26-15-20-19-9-4-3-7-17(19)10-11-21(20)29-23(24)25/h3-11,13,23,26H,2,12,14-15H2,1H3,(H,27,28). The number of amides is 1. The molecule has 0 aliphatic carbocycles. The zero-order chi connectivity index (χ0) is 20.6. The van der Waals surface area contributed by atoms with E-state index < -0.39 is 6.61 Å². The van der Waals surface area contributed by atoms with Crippen molar-refractivity contribution in [3.8, 4) is 5.75 Å². The predicted molar refractivity (Wildman–Crippen MR) is 110 cm³/mol. The number of carbonyl (C=O) groups excluding carboxylic acids is 1. The third-order valence-corrected chi connectivity index (χ3v) is 4.57. The number of fused-ring (bicyclic) bond motifs is 1. The number of halogens is 2. The van der Waals surface area contributed by atoms with E-state index in [1.54, 1.807) is 18.2 Å². The minimum atomic E-state index is -2.88. The molecule has 3 aromatic rings. The van der Waals surface area contributed by atoms with Crippen LogP contribution >= 0.6 is 0 Å². The molecule has 0 atom stereocenters. The summed E-state index contributed by atoms with van der Waals surface area (Å²) in [4.78, 5) is 12.1. The molecule has 3 aromatic carbocycles. The Kier molecular flexibility index (Phi) is 7.14. The van der Waals surface area contributed by atoms with Crippen LogP contribution in [-0.4, -0.2) is 19.1 Å². The summed E-state index contributed by atoms with van der Waals surface area (Å²) in [6, 6.07) is 18.3. The number of ether oxygens (including phenoxy) is 1. The number of benzene rings is 3. The van der Waals surface area contributed by atoms with Crippen molar-refractivity contribution in [2.75, 3.05) is 6.54 Å². The number of rotatable bonds is 9. The Balaban J connectivity index is 1.73. The van der Waals surface area contributed by atoms with Crippen molar-refractivity contribution in [1.82, 2.24) is 10.6 Å². The highest BCUT2D eigenvalue weighted by Gasteiger charge is 2.13. The van der Waals surface area contributed by atoms with Crippen LogP contribution in [-0.2, 0) is 13.1 Å². The molecule has 1 amide bonds. The lowest BCUT2D eigenvalue weighted by Crippen LogP contribution is -2.24. The maximum absolute atomic E-state index is 12.8. The van der Waals surface area contributed by atoms with Gasteiger partial charge in [-0.15, -0.1) is 0 Å². The van der Waals surface area contributed by atoms with Crippen molar-refractivity contribution in [3.05, 3.63) is 77.4 Å². The minimum Gasteiger partial charge on any atom is -0.434 e. The first-order chi connectivity index (χ1) is 14.1. The predicted octanol–water partition coefficient (Wildman–Crippen LogP) is 4.87. The van der Waals surface area contributed by atoms with Crippen LogP contribution in [0.25, 0.3) is 10.8 Å².